The number of benzene rings is 2. The maximum absolute atomic E-state index is 14.6. The highest BCUT2D eigenvalue weighted by Gasteiger charge is 2.43. The molecule has 1 fully saturated rings. The third-order valence-electron chi connectivity index (χ3n) is 11.0. The molecule has 1 saturated carbocycles. The van der Waals surface area contributed by atoms with E-state index >= 15 is 0 Å². The fourth-order valence-corrected chi connectivity index (χ4v) is 7.90. The molecule has 324 valence electrons. The predicted molar refractivity (Wildman–Crippen MR) is 229 cm³/mol. The smallest absolute Gasteiger partial charge is 0.329 e. The zero-order valence-electron chi connectivity index (χ0n) is 36.5. The average Bonchev–Trinajstić information content (AvgIpc) is 3.64. The zero-order valence-corrected chi connectivity index (χ0v) is 36.5. The summed E-state index contributed by atoms with van der Waals surface area (Å²) in [5.74, 6) is -2.92. The number of carbonyl (C=O) groups is 5. The standard InChI is InChI=1S/C47H62N4O9/c1-10-17-35(44(55)60-47(5,6)7)49-41(52)33-24-31(59-38-27-36(28-18-13-11-14-19-28)48-37-26-30(57-8)22-23-32(37)38)25-34(33)42(53)51-40(46(2,3)4)43(54)50-39(45(56)58-9)29-20-15-12-16-21-29/h11,13-14,18-19,22-23,25-27,29,31,33,35,39-40H,10,12,15-17,20-21,24H2,1-9H3,(H,49,52)(H,50,54)(H,51,53)/t31-,33-,35+,39?,40+/m1/s1. The van der Waals surface area contributed by atoms with Crippen LogP contribution in [-0.4, -0.2) is 78.7 Å². The van der Waals surface area contributed by atoms with Crippen LogP contribution in [0.3, 0.4) is 0 Å². The molecule has 2 aliphatic carbocycles. The Labute approximate surface area is 353 Å². The normalized spacial score (nSPS) is 18.6. The first kappa shape index (κ1) is 45.6. The number of esters is 2. The van der Waals surface area contributed by atoms with Gasteiger partial charge in [-0.2, -0.15) is 0 Å². The zero-order chi connectivity index (χ0) is 43.8. The largest absolute Gasteiger partial charge is 0.497 e. The Bertz CT molecular complexity index is 2050. The number of hydrogen-bond acceptors (Lipinski definition) is 10. The lowest BCUT2D eigenvalue weighted by molar-refractivity contribution is -0.159. The maximum Gasteiger partial charge on any atom is 0.329 e. The number of nitrogens with zero attached hydrogens (tertiary/aromatic N) is 1. The summed E-state index contributed by atoms with van der Waals surface area (Å²) in [6.45, 7) is 12.6. The molecule has 3 aromatic rings. The van der Waals surface area contributed by atoms with Gasteiger partial charge in [0.15, 0.2) is 0 Å². The molecule has 1 aromatic heterocycles. The van der Waals surface area contributed by atoms with Crippen LogP contribution in [0.5, 0.6) is 11.5 Å². The van der Waals surface area contributed by atoms with Crippen LogP contribution in [0, 0.1) is 17.3 Å². The second-order valence-corrected chi connectivity index (χ2v) is 17.9. The van der Waals surface area contributed by atoms with Crippen molar-refractivity contribution in [1.29, 1.82) is 0 Å². The van der Waals surface area contributed by atoms with Crippen LogP contribution in [0.25, 0.3) is 22.2 Å². The SMILES string of the molecule is CCC[C@H](NC(=O)[C@@H]1C[C@@H](Oc2cc(-c3ccccc3)nc3cc(OC)ccc23)C=C1C(=O)N[C@@H](C(=O)NC(C(=O)OC)C1CCCCC1)C(C)(C)C)C(=O)OC(C)(C)C. The van der Waals surface area contributed by atoms with Gasteiger partial charge in [-0.25, -0.2) is 14.6 Å². The fourth-order valence-electron chi connectivity index (χ4n) is 7.90. The van der Waals surface area contributed by atoms with Gasteiger partial charge in [-0.05, 0) is 69.6 Å². The maximum atomic E-state index is 14.6. The van der Waals surface area contributed by atoms with Gasteiger partial charge < -0.3 is 34.9 Å². The predicted octanol–water partition coefficient (Wildman–Crippen LogP) is 7.00. The quantitative estimate of drug-likeness (QED) is 0.136. The molecule has 0 spiro atoms. The van der Waals surface area contributed by atoms with Gasteiger partial charge in [0.2, 0.25) is 17.7 Å². The van der Waals surface area contributed by atoms with Gasteiger partial charge in [-0.15, -0.1) is 0 Å². The van der Waals surface area contributed by atoms with E-state index in [1.807, 2.05) is 76.2 Å². The first-order valence-corrected chi connectivity index (χ1v) is 21.1. The van der Waals surface area contributed by atoms with Crippen LogP contribution < -0.4 is 25.4 Å². The van der Waals surface area contributed by atoms with Gasteiger partial charge in [0.05, 0.1) is 31.3 Å². The highest BCUT2D eigenvalue weighted by atomic mass is 16.6. The van der Waals surface area contributed by atoms with E-state index in [0.29, 0.717) is 40.9 Å². The average molecular weight is 827 g/mol. The molecular formula is C47H62N4O9. The molecule has 3 N–H and O–H groups in total. The minimum absolute atomic E-state index is 0.0564. The van der Waals surface area contributed by atoms with Gasteiger partial charge in [0, 0.05) is 35.1 Å². The van der Waals surface area contributed by atoms with E-state index < -0.39 is 70.8 Å². The molecule has 1 heterocycles. The van der Waals surface area contributed by atoms with E-state index in [2.05, 4.69) is 16.0 Å². The van der Waals surface area contributed by atoms with Crippen molar-refractivity contribution in [3.63, 3.8) is 0 Å². The molecule has 3 amide bonds. The summed E-state index contributed by atoms with van der Waals surface area (Å²) in [5, 5.41) is 9.39. The number of amides is 3. The molecule has 0 bridgehead atoms. The molecule has 60 heavy (non-hydrogen) atoms. The van der Waals surface area contributed by atoms with E-state index in [4.69, 9.17) is 23.9 Å². The number of nitrogens with one attached hydrogen (secondary N) is 3. The van der Waals surface area contributed by atoms with Crippen LogP contribution in [0.15, 0.2) is 66.2 Å². The van der Waals surface area contributed by atoms with Gasteiger partial charge in [-0.1, -0.05) is 83.7 Å². The van der Waals surface area contributed by atoms with E-state index in [1.165, 1.54) is 7.11 Å². The molecule has 0 aliphatic heterocycles. The first-order valence-electron chi connectivity index (χ1n) is 21.1. The Balaban J connectivity index is 1.50. The Kier molecular flexibility index (Phi) is 15.0. The van der Waals surface area contributed by atoms with Crippen LogP contribution in [-0.2, 0) is 33.4 Å². The minimum Gasteiger partial charge on any atom is -0.497 e. The van der Waals surface area contributed by atoms with E-state index in [0.717, 1.165) is 37.7 Å². The lowest BCUT2D eigenvalue weighted by Gasteiger charge is -2.34. The highest BCUT2D eigenvalue weighted by molar-refractivity contribution is 6.04. The van der Waals surface area contributed by atoms with E-state index in [9.17, 15) is 24.0 Å². The first-order chi connectivity index (χ1) is 28.4. The molecule has 2 aliphatic rings. The number of methoxy groups -OCH3 is 2. The van der Waals surface area contributed by atoms with Crippen molar-refractivity contribution in [1.82, 2.24) is 20.9 Å². The summed E-state index contributed by atoms with van der Waals surface area (Å²) in [7, 11) is 2.88. The number of rotatable bonds is 15. The Morgan fingerprint density at radius 1 is 0.850 bits per heavy atom. The third kappa shape index (κ3) is 11.6. The van der Waals surface area contributed by atoms with E-state index in [-0.39, 0.29) is 17.9 Å². The number of fused-ring (bicyclic) bond motifs is 1. The van der Waals surface area contributed by atoms with E-state index in [1.54, 1.807) is 40.0 Å². The Morgan fingerprint density at radius 3 is 2.17 bits per heavy atom. The lowest BCUT2D eigenvalue weighted by atomic mass is 9.82. The monoisotopic (exact) mass is 826 g/mol. The molecule has 1 unspecified atom stereocenters. The second kappa shape index (κ2) is 19.7. The Morgan fingerprint density at radius 2 is 1.55 bits per heavy atom. The number of aromatic nitrogens is 1. The van der Waals surface area contributed by atoms with Gasteiger partial charge in [0.25, 0.3) is 0 Å². The molecule has 5 rings (SSSR count). The van der Waals surface area contributed by atoms with Crippen LogP contribution in [0.4, 0.5) is 0 Å². The molecule has 5 atom stereocenters. The summed E-state index contributed by atoms with van der Waals surface area (Å²) in [6.07, 6.45) is 6.28. The van der Waals surface area contributed by atoms with Crippen molar-refractivity contribution < 1.29 is 42.9 Å². The molecule has 13 nitrogen and oxygen atoms in total. The van der Waals surface area contributed by atoms with Crippen molar-refractivity contribution in [2.75, 3.05) is 14.2 Å². The van der Waals surface area contributed by atoms with Gasteiger partial charge in [-0.3, -0.25) is 14.4 Å². The highest BCUT2D eigenvalue weighted by Crippen LogP contribution is 2.37. The van der Waals surface area contributed by atoms with Crippen LogP contribution in [0.2, 0.25) is 0 Å². The van der Waals surface area contributed by atoms with Crippen molar-refractivity contribution in [2.24, 2.45) is 17.3 Å². The number of carbonyl (C=O) groups excluding carboxylic acids is 5. The molecule has 13 heteroatoms. The summed E-state index contributed by atoms with van der Waals surface area (Å²) < 4.78 is 22.9. The number of pyridine rings is 1. The van der Waals surface area contributed by atoms with Gasteiger partial charge in [0.1, 0.15) is 41.3 Å². The number of ether oxygens (including phenoxy) is 4. The minimum atomic E-state index is -1.10. The molecule has 0 radical (unpaired) electrons. The summed E-state index contributed by atoms with van der Waals surface area (Å²) in [6, 6.07) is 14.0. The third-order valence-corrected chi connectivity index (χ3v) is 11.0. The van der Waals surface area contributed by atoms with Crippen molar-refractivity contribution in [3.05, 3.63) is 66.2 Å². The van der Waals surface area contributed by atoms with Crippen molar-refractivity contribution >= 4 is 40.6 Å². The Hall–Kier alpha value is -5.46. The summed E-state index contributed by atoms with van der Waals surface area (Å²) in [4.78, 5) is 74.2. The second-order valence-electron chi connectivity index (χ2n) is 17.9. The van der Waals surface area contributed by atoms with Crippen molar-refractivity contribution in [2.45, 2.75) is 130 Å². The summed E-state index contributed by atoms with van der Waals surface area (Å²) in [5.41, 5.74) is 0.620. The molecule has 2 aromatic carbocycles. The van der Waals surface area contributed by atoms with Crippen LogP contribution in [0.1, 0.15) is 99.8 Å². The molecular weight excluding hydrogens is 765 g/mol. The topological polar surface area (TPSA) is 171 Å². The number of hydrogen-bond donors (Lipinski definition) is 3. The van der Waals surface area contributed by atoms with Crippen molar-refractivity contribution in [3.8, 4) is 22.8 Å². The summed E-state index contributed by atoms with van der Waals surface area (Å²) >= 11 is 0. The van der Waals surface area contributed by atoms with Gasteiger partial charge >= 0.3 is 11.9 Å². The fraction of sp³-hybridized carbons (Fsp3) is 0.532. The lowest BCUT2D eigenvalue weighted by Crippen LogP contribution is -2.58. The van der Waals surface area contributed by atoms with Crippen LogP contribution >= 0.6 is 0 Å². The molecule has 0 saturated heterocycles.